The maximum atomic E-state index is 13.6. The third-order valence-electron chi connectivity index (χ3n) is 4.48. The molecule has 1 heterocycles. The highest BCUT2D eigenvalue weighted by molar-refractivity contribution is 5.99. The van der Waals surface area contributed by atoms with Crippen LogP contribution in [0.4, 0.5) is 10.1 Å². The first-order valence-corrected chi connectivity index (χ1v) is 9.30. The summed E-state index contributed by atoms with van der Waals surface area (Å²) in [4.78, 5) is 38.0. The van der Waals surface area contributed by atoms with Crippen molar-refractivity contribution < 1.29 is 23.5 Å². The molecule has 1 fully saturated rings. The highest BCUT2D eigenvalue weighted by atomic mass is 19.1. The molecule has 0 aromatic heterocycles. The van der Waals surface area contributed by atoms with Crippen LogP contribution in [0.1, 0.15) is 15.9 Å². The number of rotatable bonds is 6. The third kappa shape index (κ3) is 5.86. The number of carbonyl (C=O) groups excluding carboxylic acids is 3. The lowest BCUT2D eigenvalue weighted by Gasteiger charge is -2.26. The van der Waals surface area contributed by atoms with Crippen LogP contribution in [0.2, 0.25) is 0 Å². The van der Waals surface area contributed by atoms with Crippen LogP contribution in [0.15, 0.2) is 48.5 Å². The number of nitrogens with one attached hydrogen (secondary N) is 2. The molecule has 0 aliphatic carbocycles. The van der Waals surface area contributed by atoms with Gasteiger partial charge in [0.1, 0.15) is 5.82 Å². The Morgan fingerprint density at radius 1 is 1.00 bits per heavy atom. The molecule has 2 N–H and O–H groups in total. The molecule has 152 valence electrons. The molecular formula is C21H22FN3O4. The number of anilines is 1. The SMILES string of the molecule is O=C(CNC(=O)c1ccccc1F)Nc1ccc(CC(=O)N2CCOCC2)cc1. The van der Waals surface area contributed by atoms with Gasteiger partial charge in [0.15, 0.2) is 0 Å². The first-order chi connectivity index (χ1) is 14.0. The zero-order chi connectivity index (χ0) is 20.6. The van der Waals surface area contributed by atoms with E-state index >= 15 is 0 Å². The van der Waals surface area contributed by atoms with Crippen LogP contribution >= 0.6 is 0 Å². The van der Waals surface area contributed by atoms with E-state index in [0.29, 0.717) is 32.0 Å². The number of morpholine rings is 1. The third-order valence-corrected chi connectivity index (χ3v) is 4.48. The molecule has 0 radical (unpaired) electrons. The van der Waals surface area contributed by atoms with Gasteiger partial charge < -0.3 is 20.3 Å². The topological polar surface area (TPSA) is 87.7 Å². The largest absolute Gasteiger partial charge is 0.378 e. The number of ether oxygens (including phenoxy) is 1. The summed E-state index contributed by atoms with van der Waals surface area (Å²) in [6.07, 6.45) is 0.285. The fourth-order valence-corrected chi connectivity index (χ4v) is 2.91. The molecule has 8 heteroatoms. The van der Waals surface area contributed by atoms with Gasteiger partial charge in [-0.25, -0.2) is 4.39 Å². The predicted molar refractivity (Wildman–Crippen MR) is 105 cm³/mol. The lowest BCUT2D eigenvalue weighted by atomic mass is 10.1. The van der Waals surface area contributed by atoms with Gasteiger partial charge in [0.05, 0.1) is 31.7 Å². The van der Waals surface area contributed by atoms with Gasteiger partial charge in [0.25, 0.3) is 5.91 Å². The maximum absolute atomic E-state index is 13.6. The van der Waals surface area contributed by atoms with Gasteiger partial charge in [-0.05, 0) is 29.8 Å². The molecule has 0 atom stereocenters. The minimum atomic E-state index is -0.657. The highest BCUT2D eigenvalue weighted by Crippen LogP contribution is 2.12. The van der Waals surface area contributed by atoms with Crippen molar-refractivity contribution in [2.75, 3.05) is 38.2 Å². The van der Waals surface area contributed by atoms with Gasteiger partial charge in [0.2, 0.25) is 11.8 Å². The Bertz CT molecular complexity index is 880. The molecule has 1 aliphatic heterocycles. The Labute approximate surface area is 167 Å². The van der Waals surface area contributed by atoms with Crippen LogP contribution in [-0.4, -0.2) is 55.5 Å². The molecule has 7 nitrogen and oxygen atoms in total. The highest BCUT2D eigenvalue weighted by Gasteiger charge is 2.17. The molecule has 1 aliphatic rings. The van der Waals surface area contributed by atoms with Crippen molar-refractivity contribution >= 4 is 23.4 Å². The summed E-state index contributed by atoms with van der Waals surface area (Å²) in [5.74, 6) is -1.70. The van der Waals surface area contributed by atoms with Crippen LogP contribution in [0.3, 0.4) is 0 Å². The molecule has 0 bridgehead atoms. The molecule has 0 unspecified atom stereocenters. The van der Waals surface area contributed by atoms with Crippen LogP contribution in [-0.2, 0) is 20.7 Å². The van der Waals surface area contributed by atoms with E-state index in [0.717, 1.165) is 5.56 Å². The van der Waals surface area contributed by atoms with Gasteiger partial charge in [-0.3, -0.25) is 14.4 Å². The van der Waals surface area contributed by atoms with E-state index in [9.17, 15) is 18.8 Å². The molecule has 0 saturated carbocycles. The van der Waals surface area contributed by atoms with E-state index in [1.807, 2.05) is 0 Å². The maximum Gasteiger partial charge on any atom is 0.254 e. The standard InChI is InChI=1S/C21H22FN3O4/c22-18-4-2-1-3-17(18)21(28)23-14-19(26)24-16-7-5-15(6-8-16)13-20(27)25-9-11-29-12-10-25/h1-8H,9-14H2,(H,23,28)(H,24,26). The van der Waals surface area contributed by atoms with Crippen LogP contribution < -0.4 is 10.6 Å². The zero-order valence-corrected chi connectivity index (χ0v) is 15.8. The second kappa shape index (κ2) is 9.79. The second-order valence-corrected chi connectivity index (χ2v) is 6.58. The van der Waals surface area contributed by atoms with E-state index in [-0.39, 0.29) is 24.4 Å². The number of halogens is 1. The van der Waals surface area contributed by atoms with E-state index < -0.39 is 17.6 Å². The van der Waals surface area contributed by atoms with E-state index in [1.54, 1.807) is 35.2 Å². The minimum absolute atomic E-state index is 0.0425. The molecule has 2 aromatic rings. The quantitative estimate of drug-likeness (QED) is 0.772. The van der Waals surface area contributed by atoms with Gasteiger partial charge in [-0.2, -0.15) is 0 Å². The van der Waals surface area contributed by atoms with Crippen molar-refractivity contribution in [1.82, 2.24) is 10.2 Å². The van der Waals surface area contributed by atoms with Crippen LogP contribution in [0.5, 0.6) is 0 Å². The van der Waals surface area contributed by atoms with Crippen molar-refractivity contribution in [2.24, 2.45) is 0 Å². The number of amides is 3. The Hall–Kier alpha value is -3.26. The Balaban J connectivity index is 1.46. The first kappa shape index (κ1) is 20.5. The molecule has 1 saturated heterocycles. The van der Waals surface area contributed by atoms with Crippen molar-refractivity contribution in [3.63, 3.8) is 0 Å². The summed E-state index contributed by atoms with van der Waals surface area (Å²) in [6.45, 7) is 2.04. The molecule has 3 amide bonds. The van der Waals surface area contributed by atoms with Gasteiger partial charge in [0, 0.05) is 18.8 Å². The lowest BCUT2D eigenvalue weighted by Crippen LogP contribution is -2.41. The number of hydrogen-bond donors (Lipinski definition) is 2. The van der Waals surface area contributed by atoms with Gasteiger partial charge in [-0.15, -0.1) is 0 Å². The molecule has 0 spiro atoms. The summed E-state index contributed by atoms with van der Waals surface area (Å²) < 4.78 is 18.8. The fraction of sp³-hybridized carbons (Fsp3) is 0.286. The summed E-state index contributed by atoms with van der Waals surface area (Å²) in [5.41, 5.74) is 1.26. The lowest BCUT2D eigenvalue weighted by molar-refractivity contribution is -0.134. The number of benzene rings is 2. The normalized spacial score (nSPS) is 13.6. The van der Waals surface area contributed by atoms with Crippen LogP contribution in [0, 0.1) is 5.82 Å². The average Bonchev–Trinajstić information content (AvgIpc) is 2.74. The molecule has 3 rings (SSSR count). The number of carbonyl (C=O) groups is 3. The van der Waals surface area contributed by atoms with E-state index in [4.69, 9.17) is 4.74 Å². The zero-order valence-electron chi connectivity index (χ0n) is 15.8. The van der Waals surface area contributed by atoms with Gasteiger partial charge in [-0.1, -0.05) is 24.3 Å². The minimum Gasteiger partial charge on any atom is -0.378 e. The molecular weight excluding hydrogens is 377 g/mol. The second-order valence-electron chi connectivity index (χ2n) is 6.58. The van der Waals surface area contributed by atoms with Crippen molar-refractivity contribution in [2.45, 2.75) is 6.42 Å². The monoisotopic (exact) mass is 399 g/mol. The Kier molecular flexibility index (Phi) is 6.91. The predicted octanol–water partition coefficient (Wildman–Crippen LogP) is 1.60. The van der Waals surface area contributed by atoms with Crippen molar-refractivity contribution in [1.29, 1.82) is 0 Å². The van der Waals surface area contributed by atoms with Crippen LogP contribution in [0.25, 0.3) is 0 Å². The molecule has 29 heavy (non-hydrogen) atoms. The summed E-state index contributed by atoms with van der Waals surface area (Å²) in [7, 11) is 0. The summed E-state index contributed by atoms with van der Waals surface area (Å²) in [6, 6.07) is 12.5. The van der Waals surface area contributed by atoms with Gasteiger partial charge >= 0.3 is 0 Å². The number of nitrogens with zero attached hydrogens (tertiary/aromatic N) is 1. The number of hydrogen-bond acceptors (Lipinski definition) is 4. The molecule has 2 aromatic carbocycles. The van der Waals surface area contributed by atoms with E-state index in [2.05, 4.69) is 10.6 Å². The van der Waals surface area contributed by atoms with Crippen molar-refractivity contribution in [3.8, 4) is 0 Å². The Morgan fingerprint density at radius 2 is 1.69 bits per heavy atom. The van der Waals surface area contributed by atoms with E-state index in [1.165, 1.54) is 18.2 Å². The average molecular weight is 399 g/mol. The Morgan fingerprint density at radius 3 is 2.38 bits per heavy atom. The first-order valence-electron chi connectivity index (χ1n) is 9.30. The fourth-order valence-electron chi connectivity index (χ4n) is 2.91. The summed E-state index contributed by atoms with van der Waals surface area (Å²) >= 11 is 0. The smallest absolute Gasteiger partial charge is 0.254 e. The summed E-state index contributed by atoms with van der Waals surface area (Å²) in [5, 5.41) is 5.03. The van der Waals surface area contributed by atoms with Crippen molar-refractivity contribution in [3.05, 3.63) is 65.5 Å².